The van der Waals surface area contributed by atoms with Crippen molar-refractivity contribution in [1.29, 1.82) is 0 Å². The van der Waals surface area contributed by atoms with Crippen molar-refractivity contribution in [3.8, 4) is 5.75 Å². The summed E-state index contributed by atoms with van der Waals surface area (Å²) in [5.41, 5.74) is 3.05. The van der Waals surface area contributed by atoms with Crippen LogP contribution in [0.3, 0.4) is 0 Å². The van der Waals surface area contributed by atoms with Gasteiger partial charge in [-0.05, 0) is 49.9 Å². The number of ether oxygens (including phenoxy) is 1. The van der Waals surface area contributed by atoms with Gasteiger partial charge in [-0.3, -0.25) is 4.79 Å². The number of ketones is 1. The summed E-state index contributed by atoms with van der Waals surface area (Å²) < 4.78 is 5.19. The SMILES string of the molecule is CC(=O)CCc1c(C)cc(C)cc1OC(C)=O. The molecule has 0 unspecified atom stereocenters. The van der Waals surface area contributed by atoms with Gasteiger partial charge in [0.25, 0.3) is 0 Å². The van der Waals surface area contributed by atoms with Gasteiger partial charge in [-0.25, -0.2) is 0 Å². The second kappa shape index (κ2) is 5.62. The van der Waals surface area contributed by atoms with Crippen LogP contribution in [0, 0.1) is 13.8 Å². The number of benzene rings is 1. The van der Waals surface area contributed by atoms with Crippen LogP contribution in [0.1, 0.15) is 37.0 Å². The molecule has 0 heterocycles. The van der Waals surface area contributed by atoms with E-state index in [-0.39, 0.29) is 11.8 Å². The lowest BCUT2D eigenvalue weighted by molar-refractivity contribution is -0.131. The highest BCUT2D eigenvalue weighted by Crippen LogP contribution is 2.26. The third-order valence-corrected chi connectivity index (χ3v) is 2.56. The Morgan fingerprint density at radius 3 is 2.35 bits per heavy atom. The maximum atomic E-state index is 11.0. The zero-order chi connectivity index (χ0) is 13.0. The fraction of sp³-hybridized carbons (Fsp3) is 0.429. The van der Waals surface area contributed by atoms with Gasteiger partial charge in [0.05, 0.1) is 0 Å². The van der Waals surface area contributed by atoms with E-state index in [9.17, 15) is 9.59 Å². The van der Waals surface area contributed by atoms with E-state index in [4.69, 9.17) is 4.74 Å². The van der Waals surface area contributed by atoms with E-state index in [0.717, 1.165) is 16.7 Å². The van der Waals surface area contributed by atoms with Crippen molar-refractivity contribution < 1.29 is 14.3 Å². The van der Waals surface area contributed by atoms with Crippen molar-refractivity contribution in [2.75, 3.05) is 0 Å². The minimum atomic E-state index is -0.334. The molecule has 3 nitrogen and oxygen atoms in total. The van der Waals surface area contributed by atoms with Crippen LogP contribution in [0.15, 0.2) is 12.1 Å². The first-order chi connectivity index (χ1) is 7.90. The lowest BCUT2D eigenvalue weighted by Crippen LogP contribution is -2.06. The van der Waals surface area contributed by atoms with Gasteiger partial charge < -0.3 is 9.53 Å². The predicted molar refractivity (Wildman–Crippen MR) is 66.2 cm³/mol. The van der Waals surface area contributed by atoms with Crippen molar-refractivity contribution in [3.63, 3.8) is 0 Å². The number of esters is 1. The van der Waals surface area contributed by atoms with Crippen molar-refractivity contribution in [1.82, 2.24) is 0 Å². The van der Waals surface area contributed by atoms with Gasteiger partial charge in [0.2, 0.25) is 0 Å². The third kappa shape index (κ3) is 4.02. The van der Waals surface area contributed by atoms with Gasteiger partial charge in [0.15, 0.2) is 0 Å². The molecule has 92 valence electrons. The molecule has 0 N–H and O–H groups in total. The Kier molecular flexibility index (Phi) is 4.44. The average Bonchev–Trinajstić information content (AvgIpc) is 2.14. The van der Waals surface area contributed by atoms with Crippen LogP contribution in [-0.4, -0.2) is 11.8 Å². The van der Waals surface area contributed by atoms with Gasteiger partial charge in [-0.1, -0.05) is 6.07 Å². The summed E-state index contributed by atoms with van der Waals surface area (Å²) >= 11 is 0. The molecule has 1 aromatic rings. The van der Waals surface area contributed by atoms with Crippen molar-refractivity contribution >= 4 is 11.8 Å². The molecule has 1 aromatic carbocycles. The first-order valence-corrected chi connectivity index (χ1v) is 5.68. The monoisotopic (exact) mass is 234 g/mol. The molecule has 0 bridgehead atoms. The average molecular weight is 234 g/mol. The van der Waals surface area contributed by atoms with E-state index < -0.39 is 0 Å². The van der Waals surface area contributed by atoms with Gasteiger partial charge in [-0.2, -0.15) is 0 Å². The highest BCUT2D eigenvalue weighted by Gasteiger charge is 2.11. The summed E-state index contributed by atoms with van der Waals surface area (Å²) in [6, 6.07) is 3.87. The van der Waals surface area contributed by atoms with Gasteiger partial charge in [-0.15, -0.1) is 0 Å². The second-order valence-corrected chi connectivity index (χ2v) is 4.35. The molecule has 0 saturated carbocycles. The molecule has 3 heteroatoms. The lowest BCUT2D eigenvalue weighted by atomic mass is 9.99. The summed E-state index contributed by atoms with van der Waals surface area (Å²) in [6.07, 6.45) is 1.09. The number of hydrogen-bond donors (Lipinski definition) is 0. The molecule has 0 aromatic heterocycles. The Morgan fingerprint density at radius 1 is 1.18 bits per heavy atom. The predicted octanol–water partition coefficient (Wildman–Crippen LogP) is 2.75. The van der Waals surface area contributed by atoms with E-state index in [1.807, 2.05) is 26.0 Å². The molecule has 0 aliphatic rings. The summed E-state index contributed by atoms with van der Waals surface area (Å²) in [5, 5.41) is 0. The van der Waals surface area contributed by atoms with Crippen LogP contribution in [0.25, 0.3) is 0 Å². The molecule has 0 spiro atoms. The minimum absolute atomic E-state index is 0.138. The molecule has 0 radical (unpaired) electrons. The molecule has 0 fully saturated rings. The number of carbonyl (C=O) groups is 2. The summed E-state index contributed by atoms with van der Waals surface area (Å²) in [7, 11) is 0. The zero-order valence-electron chi connectivity index (χ0n) is 10.8. The number of hydrogen-bond acceptors (Lipinski definition) is 3. The van der Waals surface area contributed by atoms with Crippen LogP contribution >= 0.6 is 0 Å². The van der Waals surface area contributed by atoms with Crippen molar-refractivity contribution in [3.05, 3.63) is 28.8 Å². The van der Waals surface area contributed by atoms with Crippen LogP contribution in [0.4, 0.5) is 0 Å². The highest BCUT2D eigenvalue weighted by atomic mass is 16.5. The van der Waals surface area contributed by atoms with E-state index in [0.29, 0.717) is 18.6 Å². The van der Waals surface area contributed by atoms with E-state index in [2.05, 4.69) is 0 Å². The Hall–Kier alpha value is -1.64. The third-order valence-electron chi connectivity index (χ3n) is 2.56. The van der Waals surface area contributed by atoms with Crippen molar-refractivity contribution in [2.24, 2.45) is 0 Å². The van der Waals surface area contributed by atoms with Gasteiger partial charge in [0.1, 0.15) is 11.5 Å². The molecule has 0 atom stereocenters. The number of Topliss-reactive ketones (excluding diaryl/α,β-unsaturated/α-hetero) is 1. The lowest BCUT2D eigenvalue weighted by Gasteiger charge is -2.12. The first-order valence-electron chi connectivity index (χ1n) is 5.68. The van der Waals surface area contributed by atoms with Crippen LogP contribution in [0.5, 0.6) is 5.75 Å². The molecular weight excluding hydrogens is 216 g/mol. The van der Waals surface area contributed by atoms with E-state index >= 15 is 0 Å². The Labute approximate surface area is 102 Å². The second-order valence-electron chi connectivity index (χ2n) is 4.35. The van der Waals surface area contributed by atoms with Crippen LogP contribution in [0.2, 0.25) is 0 Å². The molecule has 0 aliphatic carbocycles. The largest absolute Gasteiger partial charge is 0.426 e. The highest BCUT2D eigenvalue weighted by molar-refractivity contribution is 5.76. The standard InChI is InChI=1S/C14H18O3/c1-9-7-10(2)13(6-5-11(3)15)14(8-9)17-12(4)16/h7-8H,5-6H2,1-4H3. The summed E-state index contributed by atoms with van der Waals surface area (Å²) in [4.78, 5) is 22.1. The summed E-state index contributed by atoms with van der Waals surface area (Å²) in [6.45, 7) is 6.87. The number of aryl methyl sites for hydroxylation is 2. The van der Waals surface area contributed by atoms with E-state index in [1.54, 1.807) is 6.92 Å². The van der Waals surface area contributed by atoms with E-state index in [1.165, 1.54) is 6.92 Å². The number of rotatable bonds is 4. The normalized spacial score (nSPS) is 10.1. The molecule has 0 saturated heterocycles. The molecule has 1 rings (SSSR count). The molecule has 0 amide bonds. The molecule has 0 aliphatic heterocycles. The van der Waals surface area contributed by atoms with Crippen LogP contribution in [-0.2, 0) is 16.0 Å². The molecular formula is C14H18O3. The molecule has 17 heavy (non-hydrogen) atoms. The summed E-state index contributed by atoms with van der Waals surface area (Å²) in [5.74, 6) is 0.383. The number of carbonyl (C=O) groups excluding carboxylic acids is 2. The van der Waals surface area contributed by atoms with Crippen molar-refractivity contribution in [2.45, 2.75) is 40.5 Å². The fourth-order valence-corrected chi connectivity index (χ4v) is 1.83. The van der Waals surface area contributed by atoms with Crippen LogP contribution < -0.4 is 4.74 Å². The Morgan fingerprint density at radius 2 is 1.82 bits per heavy atom. The zero-order valence-corrected chi connectivity index (χ0v) is 10.8. The van der Waals surface area contributed by atoms with Gasteiger partial charge >= 0.3 is 5.97 Å². The van der Waals surface area contributed by atoms with Gasteiger partial charge in [0, 0.05) is 13.3 Å². The quantitative estimate of drug-likeness (QED) is 0.594. The maximum Gasteiger partial charge on any atom is 0.308 e. The fourth-order valence-electron chi connectivity index (χ4n) is 1.83. The topological polar surface area (TPSA) is 43.4 Å². The Balaban J connectivity index is 3.06. The first kappa shape index (κ1) is 13.4. The minimum Gasteiger partial charge on any atom is -0.426 e. The maximum absolute atomic E-state index is 11.0. The smallest absolute Gasteiger partial charge is 0.308 e. The Bertz CT molecular complexity index is 447.